The summed E-state index contributed by atoms with van der Waals surface area (Å²) in [6, 6.07) is 7.07. The van der Waals surface area contributed by atoms with E-state index in [4.69, 9.17) is 4.74 Å². The van der Waals surface area contributed by atoms with Crippen LogP contribution >= 0.6 is 22.6 Å². The summed E-state index contributed by atoms with van der Waals surface area (Å²) in [4.78, 5) is 0. The van der Waals surface area contributed by atoms with Gasteiger partial charge in [-0.15, -0.1) is 0 Å². The zero-order valence-electron chi connectivity index (χ0n) is 11.2. The van der Waals surface area contributed by atoms with E-state index in [1.54, 1.807) is 0 Å². The van der Waals surface area contributed by atoms with Gasteiger partial charge in [-0.05, 0) is 60.0 Å². The molecular weight excluding hydrogens is 337 g/mol. The van der Waals surface area contributed by atoms with Crippen LogP contribution in [0, 0.1) is 16.4 Å². The molecule has 1 heterocycles. The van der Waals surface area contributed by atoms with Crippen LogP contribution in [-0.2, 0) is 4.74 Å². The molecule has 1 N–H and O–H groups in total. The van der Waals surface area contributed by atoms with E-state index < -0.39 is 0 Å². The third-order valence-electron chi connectivity index (χ3n) is 3.61. The van der Waals surface area contributed by atoms with Crippen LogP contribution in [0.3, 0.4) is 0 Å². The van der Waals surface area contributed by atoms with E-state index in [1.807, 2.05) is 0 Å². The van der Waals surface area contributed by atoms with Crippen molar-refractivity contribution >= 4 is 22.6 Å². The van der Waals surface area contributed by atoms with Crippen molar-refractivity contribution in [3.8, 4) is 0 Å². The van der Waals surface area contributed by atoms with Gasteiger partial charge >= 0.3 is 0 Å². The van der Waals surface area contributed by atoms with Gasteiger partial charge in [0.1, 0.15) is 0 Å². The molecule has 100 valence electrons. The van der Waals surface area contributed by atoms with E-state index in [1.165, 1.54) is 27.5 Å². The van der Waals surface area contributed by atoms with Crippen LogP contribution in [0.25, 0.3) is 0 Å². The first-order valence-corrected chi connectivity index (χ1v) is 7.88. The molecule has 1 aromatic carbocycles. The Kier molecular flexibility index (Phi) is 5.45. The zero-order chi connectivity index (χ0) is 13.0. The predicted octanol–water partition coefficient (Wildman–Crippen LogP) is 3.68. The normalized spacial score (nSPS) is 21.2. The summed E-state index contributed by atoms with van der Waals surface area (Å²) in [5, 5.41) is 3.71. The fourth-order valence-electron chi connectivity index (χ4n) is 2.56. The maximum Gasteiger partial charge on any atom is 0.0513 e. The van der Waals surface area contributed by atoms with E-state index in [2.05, 4.69) is 60.0 Å². The monoisotopic (exact) mass is 359 g/mol. The molecule has 2 rings (SSSR count). The minimum absolute atomic E-state index is 0.444. The molecule has 0 amide bonds. The number of benzene rings is 1. The van der Waals surface area contributed by atoms with Gasteiger partial charge in [0.2, 0.25) is 0 Å². The summed E-state index contributed by atoms with van der Waals surface area (Å²) in [5.41, 5.74) is 2.81. The van der Waals surface area contributed by atoms with E-state index >= 15 is 0 Å². The van der Waals surface area contributed by atoms with E-state index in [0.717, 1.165) is 19.8 Å². The minimum atomic E-state index is 0.444. The molecule has 1 aliphatic heterocycles. The summed E-state index contributed by atoms with van der Waals surface area (Å²) in [6.45, 7) is 7.29. The van der Waals surface area contributed by atoms with Crippen LogP contribution in [0.1, 0.15) is 36.9 Å². The molecule has 3 heteroatoms. The SMILES string of the molecule is CCCNC(c1cccc(C)c1I)C1CCOC1. The minimum Gasteiger partial charge on any atom is -0.381 e. The van der Waals surface area contributed by atoms with Gasteiger partial charge in [0.15, 0.2) is 0 Å². The predicted molar refractivity (Wildman–Crippen MR) is 83.9 cm³/mol. The van der Waals surface area contributed by atoms with Crippen molar-refractivity contribution in [3.05, 3.63) is 32.9 Å². The first kappa shape index (κ1) is 14.3. The molecule has 0 aromatic heterocycles. The molecule has 1 aromatic rings. The fraction of sp³-hybridized carbons (Fsp3) is 0.600. The number of hydrogen-bond donors (Lipinski definition) is 1. The standard InChI is InChI=1S/C15H22INO/c1-3-8-17-15(12-7-9-18-10-12)13-6-4-5-11(2)14(13)16/h4-6,12,15,17H,3,7-10H2,1-2H3. The van der Waals surface area contributed by atoms with E-state index in [0.29, 0.717) is 12.0 Å². The molecule has 18 heavy (non-hydrogen) atoms. The van der Waals surface area contributed by atoms with Crippen LogP contribution in [0.15, 0.2) is 18.2 Å². The van der Waals surface area contributed by atoms with Crippen molar-refractivity contribution in [2.24, 2.45) is 5.92 Å². The van der Waals surface area contributed by atoms with Crippen molar-refractivity contribution in [1.82, 2.24) is 5.32 Å². The Morgan fingerprint density at radius 2 is 2.33 bits per heavy atom. The van der Waals surface area contributed by atoms with Crippen molar-refractivity contribution in [1.29, 1.82) is 0 Å². The van der Waals surface area contributed by atoms with Gasteiger partial charge in [0, 0.05) is 22.1 Å². The average molecular weight is 359 g/mol. The van der Waals surface area contributed by atoms with Gasteiger partial charge in [-0.2, -0.15) is 0 Å². The van der Waals surface area contributed by atoms with Gasteiger partial charge in [-0.25, -0.2) is 0 Å². The summed E-state index contributed by atoms with van der Waals surface area (Å²) in [6.07, 6.45) is 2.35. The largest absolute Gasteiger partial charge is 0.381 e. The van der Waals surface area contributed by atoms with E-state index in [9.17, 15) is 0 Å². The molecule has 2 unspecified atom stereocenters. The van der Waals surface area contributed by atoms with Gasteiger partial charge < -0.3 is 10.1 Å². The molecule has 1 saturated heterocycles. The summed E-state index contributed by atoms with van der Waals surface area (Å²) in [5.74, 6) is 0.617. The van der Waals surface area contributed by atoms with Gasteiger partial charge in [-0.1, -0.05) is 25.1 Å². The smallest absolute Gasteiger partial charge is 0.0513 e. The molecule has 1 fully saturated rings. The maximum absolute atomic E-state index is 5.57. The highest BCUT2D eigenvalue weighted by Gasteiger charge is 2.28. The summed E-state index contributed by atoms with van der Waals surface area (Å²) >= 11 is 2.48. The Morgan fingerprint density at radius 1 is 1.50 bits per heavy atom. The molecule has 2 atom stereocenters. The number of rotatable bonds is 5. The summed E-state index contributed by atoms with van der Waals surface area (Å²) in [7, 11) is 0. The van der Waals surface area contributed by atoms with Crippen LogP contribution < -0.4 is 5.32 Å². The Morgan fingerprint density at radius 3 is 3.00 bits per heavy atom. The van der Waals surface area contributed by atoms with Crippen molar-refractivity contribution < 1.29 is 4.74 Å². The second-order valence-electron chi connectivity index (χ2n) is 5.03. The second-order valence-corrected chi connectivity index (χ2v) is 6.11. The third-order valence-corrected chi connectivity index (χ3v) is 5.08. The number of nitrogens with one attached hydrogen (secondary N) is 1. The number of halogens is 1. The molecule has 0 aliphatic carbocycles. The van der Waals surface area contributed by atoms with E-state index in [-0.39, 0.29) is 0 Å². The lowest BCUT2D eigenvalue weighted by Crippen LogP contribution is -2.30. The summed E-state index contributed by atoms with van der Waals surface area (Å²) < 4.78 is 6.97. The van der Waals surface area contributed by atoms with Crippen LogP contribution in [0.2, 0.25) is 0 Å². The highest BCUT2D eigenvalue weighted by Crippen LogP contribution is 2.32. The molecule has 0 saturated carbocycles. The number of hydrogen-bond acceptors (Lipinski definition) is 2. The van der Waals surface area contributed by atoms with Gasteiger partial charge in [0.05, 0.1) is 6.61 Å². The molecule has 1 aliphatic rings. The van der Waals surface area contributed by atoms with Crippen LogP contribution in [0.4, 0.5) is 0 Å². The van der Waals surface area contributed by atoms with Crippen molar-refractivity contribution in [2.75, 3.05) is 19.8 Å². The molecule has 2 nitrogen and oxygen atoms in total. The Balaban J connectivity index is 2.23. The Bertz CT molecular complexity index is 388. The maximum atomic E-state index is 5.57. The highest BCUT2D eigenvalue weighted by atomic mass is 127. The highest BCUT2D eigenvalue weighted by molar-refractivity contribution is 14.1. The lowest BCUT2D eigenvalue weighted by Gasteiger charge is -2.26. The second kappa shape index (κ2) is 6.87. The fourth-order valence-corrected chi connectivity index (χ4v) is 3.25. The lowest BCUT2D eigenvalue weighted by atomic mass is 9.91. The first-order valence-electron chi connectivity index (χ1n) is 6.80. The van der Waals surface area contributed by atoms with Gasteiger partial charge in [0.25, 0.3) is 0 Å². The lowest BCUT2D eigenvalue weighted by molar-refractivity contribution is 0.176. The van der Waals surface area contributed by atoms with Crippen molar-refractivity contribution in [3.63, 3.8) is 0 Å². The van der Waals surface area contributed by atoms with Crippen LogP contribution in [-0.4, -0.2) is 19.8 Å². The van der Waals surface area contributed by atoms with Crippen molar-refractivity contribution in [2.45, 2.75) is 32.7 Å². The average Bonchev–Trinajstić information content (AvgIpc) is 2.88. The molecular formula is C15H22INO. The Labute approximate surface area is 124 Å². The Hall–Kier alpha value is -0.130. The van der Waals surface area contributed by atoms with Crippen LogP contribution in [0.5, 0.6) is 0 Å². The quantitative estimate of drug-likeness (QED) is 0.810. The number of ether oxygens (including phenoxy) is 1. The molecule has 0 bridgehead atoms. The third kappa shape index (κ3) is 3.25. The first-order chi connectivity index (χ1) is 8.74. The zero-order valence-corrected chi connectivity index (χ0v) is 13.4. The topological polar surface area (TPSA) is 21.3 Å². The molecule has 0 spiro atoms. The van der Waals surface area contributed by atoms with Gasteiger partial charge in [-0.3, -0.25) is 0 Å². The molecule has 0 radical (unpaired) electrons. The number of aryl methyl sites for hydroxylation is 1.